The molecule has 0 aliphatic carbocycles. The molecule has 0 fully saturated rings. The van der Waals surface area contributed by atoms with Gasteiger partial charge in [-0.3, -0.25) is 0 Å². The van der Waals surface area contributed by atoms with Crippen molar-refractivity contribution in [2.24, 2.45) is 0 Å². The first kappa shape index (κ1) is 16.7. The summed E-state index contributed by atoms with van der Waals surface area (Å²) in [5.74, 6) is 0.902. The predicted octanol–water partition coefficient (Wildman–Crippen LogP) is 5.16. The highest BCUT2D eigenvalue weighted by atomic mass is 79.9. The molecule has 0 aliphatic rings. The molecular formula is C15H25BrO2Si. The van der Waals surface area contributed by atoms with Crippen LogP contribution in [0.1, 0.15) is 26.3 Å². The zero-order chi connectivity index (χ0) is 14.7. The van der Waals surface area contributed by atoms with Gasteiger partial charge in [-0.15, -0.1) is 0 Å². The summed E-state index contributed by atoms with van der Waals surface area (Å²) in [5.41, 5.74) is 1.18. The van der Waals surface area contributed by atoms with E-state index in [-0.39, 0.29) is 5.04 Å². The Kier molecular flexibility index (Phi) is 5.65. The van der Waals surface area contributed by atoms with Crippen LogP contribution in [0.5, 0.6) is 5.75 Å². The van der Waals surface area contributed by atoms with Crippen LogP contribution in [0.3, 0.4) is 0 Å². The second kappa shape index (κ2) is 6.42. The lowest BCUT2D eigenvalue weighted by Crippen LogP contribution is -2.41. The van der Waals surface area contributed by atoms with Crippen molar-refractivity contribution in [2.75, 3.05) is 13.2 Å². The quantitative estimate of drug-likeness (QED) is 0.542. The molecule has 1 aromatic rings. The second-order valence-corrected chi connectivity index (χ2v) is 12.0. The maximum atomic E-state index is 6.07. The van der Waals surface area contributed by atoms with Gasteiger partial charge in [0.1, 0.15) is 12.4 Å². The van der Waals surface area contributed by atoms with E-state index in [9.17, 15) is 0 Å². The molecule has 1 rings (SSSR count). The van der Waals surface area contributed by atoms with Crippen molar-refractivity contribution in [1.29, 1.82) is 0 Å². The van der Waals surface area contributed by atoms with Crippen LogP contribution < -0.4 is 4.74 Å². The van der Waals surface area contributed by atoms with E-state index in [0.717, 1.165) is 10.2 Å². The van der Waals surface area contributed by atoms with E-state index in [1.165, 1.54) is 5.56 Å². The van der Waals surface area contributed by atoms with Crippen molar-refractivity contribution in [1.82, 2.24) is 0 Å². The molecule has 0 saturated carbocycles. The number of rotatable bonds is 5. The van der Waals surface area contributed by atoms with Gasteiger partial charge in [0.05, 0.1) is 6.61 Å². The summed E-state index contributed by atoms with van der Waals surface area (Å²) in [5, 5.41) is 0.251. The largest absolute Gasteiger partial charge is 0.491 e. The molecule has 0 bridgehead atoms. The third kappa shape index (κ3) is 4.93. The molecule has 0 saturated heterocycles. The molecule has 2 nitrogen and oxygen atoms in total. The lowest BCUT2D eigenvalue weighted by molar-refractivity contribution is 0.203. The van der Waals surface area contributed by atoms with Crippen LogP contribution in [0, 0.1) is 6.92 Å². The Morgan fingerprint density at radius 2 is 1.79 bits per heavy atom. The molecule has 0 aliphatic heterocycles. The Labute approximate surface area is 126 Å². The van der Waals surface area contributed by atoms with Gasteiger partial charge in [-0.05, 0) is 48.8 Å². The molecule has 0 unspecified atom stereocenters. The minimum Gasteiger partial charge on any atom is -0.491 e. The third-order valence-corrected chi connectivity index (χ3v) is 9.18. The molecule has 1 aromatic carbocycles. The Bertz CT molecular complexity index is 425. The first-order chi connectivity index (χ1) is 8.63. The fraction of sp³-hybridized carbons (Fsp3) is 0.600. The zero-order valence-corrected chi connectivity index (χ0v) is 15.4. The van der Waals surface area contributed by atoms with Crippen molar-refractivity contribution in [3.05, 3.63) is 28.2 Å². The molecule has 4 heteroatoms. The third-order valence-electron chi connectivity index (χ3n) is 3.75. The average molecular weight is 345 g/mol. The minimum atomic E-state index is -1.65. The van der Waals surface area contributed by atoms with Gasteiger partial charge in [-0.2, -0.15) is 0 Å². The van der Waals surface area contributed by atoms with Gasteiger partial charge in [0, 0.05) is 4.47 Å². The van der Waals surface area contributed by atoms with Gasteiger partial charge < -0.3 is 9.16 Å². The van der Waals surface area contributed by atoms with E-state index in [1.54, 1.807) is 0 Å². The maximum Gasteiger partial charge on any atom is 0.192 e. The number of hydrogen-bond acceptors (Lipinski definition) is 2. The summed E-state index contributed by atoms with van der Waals surface area (Å²) in [7, 11) is -1.65. The minimum absolute atomic E-state index is 0.251. The van der Waals surface area contributed by atoms with Crippen molar-refractivity contribution < 1.29 is 9.16 Å². The van der Waals surface area contributed by atoms with Gasteiger partial charge in [0.15, 0.2) is 8.32 Å². The molecule has 0 spiro atoms. The van der Waals surface area contributed by atoms with Crippen LogP contribution in [0.15, 0.2) is 22.7 Å². The van der Waals surface area contributed by atoms with Crippen molar-refractivity contribution in [3.8, 4) is 5.75 Å². The van der Waals surface area contributed by atoms with E-state index in [1.807, 2.05) is 18.2 Å². The van der Waals surface area contributed by atoms with E-state index in [0.29, 0.717) is 13.2 Å². The van der Waals surface area contributed by atoms with Gasteiger partial charge in [-0.25, -0.2) is 0 Å². The molecule has 0 N–H and O–H groups in total. The van der Waals surface area contributed by atoms with Crippen molar-refractivity contribution >= 4 is 24.2 Å². The second-order valence-electron chi connectivity index (χ2n) is 6.37. The summed E-state index contributed by atoms with van der Waals surface area (Å²) in [4.78, 5) is 0. The van der Waals surface area contributed by atoms with Crippen LogP contribution in [0.4, 0.5) is 0 Å². The molecular weight excluding hydrogens is 320 g/mol. The molecule has 0 aromatic heterocycles. The average Bonchev–Trinajstić information content (AvgIpc) is 2.27. The Balaban J connectivity index is 2.41. The van der Waals surface area contributed by atoms with Crippen LogP contribution >= 0.6 is 15.9 Å². The highest BCUT2D eigenvalue weighted by Crippen LogP contribution is 2.36. The normalized spacial score (nSPS) is 12.6. The lowest BCUT2D eigenvalue weighted by Gasteiger charge is -2.36. The van der Waals surface area contributed by atoms with E-state index in [2.05, 4.69) is 56.7 Å². The smallest absolute Gasteiger partial charge is 0.192 e. The van der Waals surface area contributed by atoms with Crippen molar-refractivity contribution in [2.45, 2.75) is 45.8 Å². The lowest BCUT2D eigenvalue weighted by atomic mass is 10.2. The van der Waals surface area contributed by atoms with Crippen LogP contribution in [0.2, 0.25) is 18.1 Å². The summed E-state index contributed by atoms with van der Waals surface area (Å²) < 4.78 is 12.9. The summed E-state index contributed by atoms with van der Waals surface area (Å²) in [6, 6.07) is 6.03. The summed E-state index contributed by atoms with van der Waals surface area (Å²) in [6.45, 7) is 14.6. The Hall–Kier alpha value is -0.323. The van der Waals surface area contributed by atoms with Crippen molar-refractivity contribution in [3.63, 3.8) is 0 Å². The molecule has 0 amide bonds. The molecule has 0 atom stereocenters. The zero-order valence-electron chi connectivity index (χ0n) is 12.8. The Morgan fingerprint density at radius 3 is 2.32 bits per heavy atom. The highest BCUT2D eigenvalue weighted by molar-refractivity contribution is 9.10. The van der Waals surface area contributed by atoms with E-state index >= 15 is 0 Å². The number of hydrogen-bond donors (Lipinski definition) is 0. The topological polar surface area (TPSA) is 18.5 Å². The predicted molar refractivity (Wildman–Crippen MR) is 87.5 cm³/mol. The molecule has 0 radical (unpaired) electrons. The van der Waals surface area contributed by atoms with E-state index in [4.69, 9.17) is 9.16 Å². The number of aryl methyl sites for hydroxylation is 1. The highest BCUT2D eigenvalue weighted by Gasteiger charge is 2.36. The summed E-state index contributed by atoms with van der Waals surface area (Å²) in [6.07, 6.45) is 0. The fourth-order valence-corrected chi connectivity index (χ4v) is 2.65. The molecule has 0 heterocycles. The fourth-order valence-electron chi connectivity index (χ4n) is 1.38. The monoisotopic (exact) mass is 344 g/mol. The summed E-state index contributed by atoms with van der Waals surface area (Å²) >= 11 is 3.48. The Morgan fingerprint density at radius 1 is 1.16 bits per heavy atom. The number of halogens is 1. The van der Waals surface area contributed by atoms with Crippen LogP contribution in [-0.2, 0) is 4.43 Å². The first-order valence-electron chi connectivity index (χ1n) is 6.66. The van der Waals surface area contributed by atoms with Gasteiger partial charge in [-0.1, -0.05) is 36.7 Å². The van der Waals surface area contributed by atoms with E-state index < -0.39 is 8.32 Å². The molecule has 19 heavy (non-hydrogen) atoms. The first-order valence-corrected chi connectivity index (χ1v) is 10.4. The maximum absolute atomic E-state index is 6.07. The van der Waals surface area contributed by atoms with Gasteiger partial charge in [0.2, 0.25) is 0 Å². The SMILES string of the molecule is Cc1cc(OCCO[Si](C)(C)C(C)(C)C)ccc1Br. The van der Waals surface area contributed by atoms with Gasteiger partial charge >= 0.3 is 0 Å². The standard InChI is InChI=1S/C15H25BrO2Si/c1-12-11-13(7-8-14(12)16)17-9-10-18-19(5,6)15(2,3)4/h7-8,11H,9-10H2,1-6H3. The van der Waals surface area contributed by atoms with Gasteiger partial charge in [0.25, 0.3) is 0 Å². The van der Waals surface area contributed by atoms with Crippen LogP contribution in [0.25, 0.3) is 0 Å². The van der Waals surface area contributed by atoms with Crippen LogP contribution in [-0.4, -0.2) is 21.5 Å². The number of benzene rings is 1. The molecule has 108 valence electrons. The number of ether oxygens (including phenoxy) is 1.